The van der Waals surface area contributed by atoms with Crippen LogP contribution in [0, 0.1) is 6.92 Å². The predicted octanol–water partition coefficient (Wildman–Crippen LogP) is 8.59. The van der Waals surface area contributed by atoms with E-state index >= 15 is 0 Å². The van der Waals surface area contributed by atoms with Gasteiger partial charge in [0.05, 0.1) is 11.4 Å². The summed E-state index contributed by atoms with van der Waals surface area (Å²) in [4.78, 5) is 21.5. The van der Waals surface area contributed by atoms with Gasteiger partial charge in [0, 0.05) is 30.0 Å². The van der Waals surface area contributed by atoms with Crippen molar-refractivity contribution in [2.24, 2.45) is 0 Å². The maximum atomic E-state index is 13.9. The number of hydrogen-bond donors (Lipinski definition) is 2. The highest BCUT2D eigenvalue weighted by Gasteiger charge is 2.22. The lowest BCUT2D eigenvalue weighted by Crippen LogP contribution is -2.23. The van der Waals surface area contributed by atoms with Crippen LogP contribution in [-0.4, -0.2) is 27.7 Å². The molecular weight excluding hydrogens is 482 g/mol. The molecule has 3 aromatic rings. The Bertz CT molecular complexity index is 1300. The molecule has 0 aliphatic heterocycles. The van der Waals surface area contributed by atoms with E-state index in [9.17, 15) is 4.79 Å². The van der Waals surface area contributed by atoms with Gasteiger partial charge in [-0.25, -0.2) is 4.98 Å². The SMILES string of the molecule is CCC/C=C(\CC)c1[nH]n2c(=O)c(CCCC)c(CCCCC)nc2c1Nc1ccc(N(CC)CC)cc1C. The molecule has 0 bridgehead atoms. The Hall–Kier alpha value is -3.02. The fourth-order valence-corrected chi connectivity index (χ4v) is 5.31. The Morgan fingerprint density at radius 2 is 1.74 bits per heavy atom. The van der Waals surface area contributed by atoms with Gasteiger partial charge in [0.2, 0.25) is 0 Å². The molecule has 0 fully saturated rings. The maximum Gasteiger partial charge on any atom is 0.276 e. The van der Waals surface area contributed by atoms with E-state index in [2.05, 4.69) is 88.1 Å². The van der Waals surface area contributed by atoms with Crippen molar-refractivity contribution in [2.45, 2.75) is 113 Å². The molecule has 2 heterocycles. The Labute approximate surface area is 235 Å². The summed E-state index contributed by atoms with van der Waals surface area (Å²) in [5.41, 5.74) is 9.11. The van der Waals surface area contributed by atoms with Gasteiger partial charge in [-0.1, -0.05) is 59.5 Å². The minimum absolute atomic E-state index is 0.0498. The van der Waals surface area contributed by atoms with Gasteiger partial charge in [-0.15, -0.1) is 0 Å². The minimum Gasteiger partial charge on any atom is -0.372 e. The molecule has 0 spiro atoms. The number of aryl methyl sites for hydroxylation is 2. The second kappa shape index (κ2) is 14.9. The highest BCUT2D eigenvalue weighted by molar-refractivity contribution is 5.87. The lowest BCUT2D eigenvalue weighted by Gasteiger charge is -2.22. The monoisotopic (exact) mass is 533 g/mol. The van der Waals surface area contributed by atoms with Crippen LogP contribution in [0.15, 0.2) is 29.1 Å². The van der Waals surface area contributed by atoms with Crippen LogP contribution in [0.1, 0.15) is 115 Å². The highest BCUT2D eigenvalue weighted by Crippen LogP contribution is 2.34. The van der Waals surface area contributed by atoms with Crippen LogP contribution in [0.25, 0.3) is 11.2 Å². The number of aromatic nitrogens is 3. The second-order valence-corrected chi connectivity index (χ2v) is 10.6. The Morgan fingerprint density at radius 1 is 1.00 bits per heavy atom. The van der Waals surface area contributed by atoms with Gasteiger partial charge in [-0.3, -0.25) is 9.89 Å². The van der Waals surface area contributed by atoms with Crippen molar-refractivity contribution in [3.8, 4) is 0 Å². The van der Waals surface area contributed by atoms with Gasteiger partial charge < -0.3 is 10.2 Å². The number of hydrogen-bond acceptors (Lipinski definition) is 4. The van der Waals surface area contributed by atoms with Crippen LogP contribution in [0.5, 0.6) is 0 Å². The zero-order valence-corrected chi connectivity index (χ0v) is 25.5. The molecule has 0 atom stereocenters. The van der Waals surface area contributed by atoms with Crippen molar-refractivity contribution >= 4 is 28.3 Å². The standard InChI is InChI=1S/C33H51N5O/c1-8-14-17-20-29-27(19-16-10-3)33(39)38-32(35-29)31(30(36-38)25(11-4)18-15-9-2)34-28-22-21-26(23-24(28)7)37(12-5)13-6/h18,21-23,34,36H,8-17,19-20H2,1-7H3/b25-18+. The lowest BCUT2D eigenvalue weighted by molar-refractivity contribution is 0.686. The van der Waals surface area contributed by atoms with E-state index < -0.39 is 0 Å². The first-order valence-corrected chi connectivity index (χ1v) is 15.4. The van der Waals surface area contributed by atoms with Crippen molar-refractivity contribution in [3.05, 3.63) is 57.1 Å². The largest absolute Gasteiger partial charge is 0.372 e. The molecule has 1 aromatic carbocycles. The molecule has 0 unspecified atom stereocenters. The number of benzene rings is 1. The van der Waals surface area contributed by atoms with E-state index in [-0.39, 0.29) is 5.56 Å². The van der Waals surface area contributed by atoms with Gasteiger partial charge in [0.15, 0.2) is 5.65 Å². The summed E-state index contributed by atoms with van der Waals surface area (Å²) < 4.78 is 1.70. The number of anilines is 3. The molecule has 0 saturated heterocycles. The molecule has 6 nitrogen and oxygen atoms in total. The summed E-state index contributed by atoms with van der Waals surface area (Å²) in [6.07, 6.45) is 12.3. The molecule has 0 aliphatic rings. The van der Waals surface area contributed by atoms with Gasteiger partial charge in [-0.2, -0.15) is 4.52 Å². The smallest absolute Gasteiger partial charge is 0.276 e. The van der Waals surface area contributed by atoms with Crippen molar-refractivity contribution < 1.29 is 0 Å². The maximum absolute atomic E-state index is 13.9. The van der Waals surface area contributed by atoms with Crippen LogP contribution in [-0.2, 0) is 12.8 Å². The Balaban J connectivity index is 2.22. The second-order valence-electron chi connectivity index (χ2n) is 10.6. The van der Waals surface area contributed by atoms with E-state index in [0.717, 1.165) is 106 Å². The summed E-state index contributed by atoms with van der Waals surface area (Å²) >= 11 is 0. The number of H-pyrrole nitrogens is 1. The molecule has 0 aliphatic carbocycles. The van der Waals surface area contributed by atoms with Crippen molar-refractivity contribution in [3.63, 3.8) is 0 Å². The van der Waals surface area contributed by atoms with Crippen LogP contribution in [0.3, 0.4) is 0 Å². The lowest BCUT2D eigenvalue weighted by atomic mass is 10.0. The van der Waals surface area contributed by atoms with E-state index in [1.165, 1.54) is 16.8 Å². The van der Waals surface area contributed by atoms with Gasteiger partial charge in [-0.05, 0) is 88.6 Å². The normalized spacial score (nSPS) is 11.9. The summed E-state index contributed by atoms with van der Waals surface area (Å²) in [5.74, 6) is 0. The van der Waals surface area contributed by atoms with Crippen LogP contribution in [0.4, 0.5) is 17.1 Å². The van der Waals surface area contributed by atoms with E-state index in [4.69, 9.17) is 4.98 Å². The number of fused-ring (bicyclic) bond motifs is 1. The zero-order chi connectivity index (χ0) is 28.4. The Morgan fingerprint density at radius 3 is 2.36 bits per heavy atom. The zero-order valence-electron chi connectivity index (χ0n) is 25.5. The van der Waals surface area contributed by atoms with Crippen molar-refractivity contribution in [2.75, 3.05) is 23.3 Å². The summed E-state index contributed by atoms with van der Waals surface area (Å²) in [7, 11) is 0. The molecule has 6 heteroatoms. The topological polar surface area (TPSA) is 65.4 Å². The third-order valence-corrected chi connectivity index (χ3v) is 7.74. The summed E-state index contributed by atoms with van der Waals surface area (Å²) in [6.45, 7) is 17.3. The summed E-state index contributed by atoms with van der Waals surface area (Å²) in [6, 6.07) is 6.59. The first-order valence-electron chi connectivity index (χ1n) is 15.4. The minimum atomic E-state index is 0.0498. The fourth-order valence-electron chi connectivity index (χ4n) is 5.31. The molecule has 2 aromatic heterocycles. The van der Waals surface area contributed by atoms with Gasteiger partial charge in [0.1, 0.15) is 5.69 Å². The van der Waals surface area contributed by atoms with Crippen molar-refractivity contribution in [1.29, 1.82) is 0 Å². The fraction of sp³-hybridized carbons (Fsp3) is 0.576. The number of aromatic amines is 1. The average Bonchev–Trinajstić information content (AvgIpc) is 3.29. The number of nitrogens with zero attached hydrogens (tertiary/aromatic N) is 3. The quantitative estimate of drug-likeness (QED) is 0.181. The van der Waals surface area contributed by atoms with Gasteiger partial charge >= 0.3 is 0 Å². The third-order valence-electron chi connectivity index (χ3n) is 7.74. The predicted molar refractivity (Wildman–Crippen MR) is 169 cm³/mol. The van der Waals surface area contributed by atoms with E-state index in [1.54, 1.807) is 4.52 Å². The highest BCUT2D eigenvalue weighted by atomic mass is 16.1. The first kappa shape index (κ1) is 30.5. The molecular formula is C33H51N5O. The van der Waals surface area contributed by atoms with E-state index in [0.29, 0.717) is 5.65 Å². The van der Waals surface area contributed by atoms with Crippen molar-refractivity contribution in [1.82, 2.24) is 14.6 Å². The number of nitrogens with one attached hydrogen (secondary N) is 2. The third kappa shape index (κ3) is 7.14. The summed E-state index contributed by atoms with van der Waals surface area (Å²) in [5, 5.41) is 7.22. The first-order chi connectivity index (χ1) is 18.9. The molecule has 0 radical (unpaired) electrons. The van der Waals surface area contributed by atoms with Crippen LogP contribution < -0.4 is 15.8 Å². The Kier molecular flexibility index (Phi) is 11.7. The molecule has 39 heavy (non-hydrogen) atoms. The van der Waals surface area contributed by atoms with Crippen LogP contribution in [0.2, 0.25) is 0 Å². The number of allylic oxidation sites excluding steroid dienone is 2. The molecule has 3 rings (SSSR count). The molecule has 214 valence electrons. The van der Waals surface area contributed by atoms with Crippen LogP contribution >= 0.6 is 0 Å². The molecule has 0 amide bonds. The van der Waals surface area contributed by atoms with E-state index in [1.807, 2.05) is 0 Å². The number of unbranched alkanes of at least 4 members (excludes halogenated alkanes) is 4. The average molecular weight is 534 g/mol. The molecule has 0 saturated carbocycles. The number of rotatable bonds is 16. The molecule has 2 N–H and O–H groups in total. The van der Waals surface area contributed by atoms with Gasteiger partial charge in [0.25, 0.3) is 5.56 Å².